The number of halogens is 4. The lowest BCUT2D eigenvalue weighted by molar-refractivity contribution is 0.00690. The Morgan fingerprint density at radius 1 is 0.869 bits per heavy atom. The monoisotopic (exact) mass is 864 g/mol. The molecule has 0 aliphatic heterocycles. The van der Waals surface area contributed by atoms with E-state index in [9.17, 15) is 28.0 Å². The summed E-state index contributed by atoms with van der Waals surface area (Å²) in [7, 11) is 1.70. The van der Waals surface area contributed by atoms with Gasteiger partial charge in [0.1, 0.15) is 23.3 Å². The first kappa shape index (κ1) is 44.1. The van der Waals surface area contributed by atoms with Crippen LogP contribution in [0.4, 0.5) is 29.6 Å². The topological polar surface area (TPSA) is 182 Å². The summed E-state index contributed by atoms with van der Waals surface area (Å²) in [6.07, 6.45) is 3.05. The van der Waals surface area contributed by atoms with Gasteiger partial charge in [-0.2, -0.15) is 15.2 Å². The molecule has 3 aromatic heterocycles. The zero-order valence-electron chi connectivity index (χ0n) is 34.5. The first-order valence-electron chi connectivity index (χ1n) is 19.1. The summed E-state index contributed by atoms with van der Waals surface area (Å²) in [4.78, 5) is 61.4. The fraction of sp³-hybridized carbons (Fsp3) is 0.366. The molecule has 16 nitrogen and oxygen atoms in total. The van der Waals surface area contributed by atoms with Crippen LogP contribution in [0.5, 0.6) is 0 Å². The van der Waals surface area contributed by atoms with Gasteiger partial charge in [-0.05, 0) is 89.8 Å². The van der Waals surface area contributed by atoms with Crippen LogP contribution in [0.25, 0.3) is 10.9 Å². The summed E-state index contributed by atoms with van der Waals surface area (Å²) >= 11 is 6.79. The molecule has 0 spiro atoms. The van der Waals surface area contributed by atoms with Crippen LogP contribution in [0.1, 0.15) is 74.4 Å². The molecule has 0 bridgehead atoms. The number of nitrogens with one attached hydrogen (secondary N) is 2. The molecule has 0 radical (unpaired) electrons. The molecule has 2 N–H and O–H groups in total. The van der Waals surface area contributed by atoms with E-state index in [0.717, 1.165) is 10.1 Å². The Morgan fingerprint density at radius 2 is 1.59 bits per heavy atom. The highest BCUT2D eigenvalue weighted by Gasteiger charge is 2.23. The minimum atomic E-state index is -1.44. The number of benzene rings is 3. The second-order valence-electron chi connectivity index (χ2n) is 16.2. The Hall–Kier alpha value is -6.50. The van der Waals surface area contributed by atoms with Gasteiger partial charge in [-0.1, -0.05) is 23.7 Å². The number of anilines is 2. The van der Waals surface area contributed by atoms with Gasteiger partial charge < -0.3 is 20.1 Å². The number of hydrogen-bond donors (Lipinski definition) is 2. The number of nitrogens with zero attached hydrogens (tertiary/aromatic N) is 8. The lowest BCUT2D eigenvalue weighted by atomic mass is 10.0. The van der Waals surface area contributed by atoms with E-state index in [-0.39, 0.29) is 29.5 Å². The molecule has 61 heavy (non-hydrogen) atoms. The number of hydrogen-bond acceptors (Lipinski definition) is 11. The largest absolute Gasteiger partial charge is 0.456 e. The third-order valence-electron chi connectivity index (χ3n) is 8.91. The molecule has 20 heteroatoms. The van der Waals surface area contributed by atoms with Gasteiger partial charge in [-0.15, -0.1) is 0 Å². The van der Waals surface area contributed by atoms with E-state index in [2.05, 4.69) is 30.8 Å². The number of carbonyl (C=O) groups excluding carboxylic acids is 2. The van der Waals surface area contributed by atoms with Gasteiger partial charge in [-0.25, -0.2) is 41.9 Å². The van der Waals surface area contributed by atoms with Crippen molar-refractivity contribution < 1.29 is 32.2 Å². The molecule has 6 aromatic rings. The number of esters is 1. The maximum Gasteiger partial charge on any atom is 0.407 e. The fourth-order valence-corrected chi connectivity index (χ4v) is 6.54. The van der Waals surface area contributed by atoms with E-state index in [4.69, 9.17) is 21.1 Å². The van der Waals surface area contributed by atoms with E-state index in [0.29, 0.717) is 51.7 Å². The summed E-state index contributed by atoms with van der Waals surface area (Å²) in [6.45, 7) is 9.72. The van der Waals surface area contributed by atoms with E-state index >= 15 is 4.39 Å². The van der Waals surface area contributed by atoms with E-state index in [1.165, 1.54) is 11.0 Å². The Morgan fingerprint density at radius 3 is 2.31 bits per heavy atom. The smallest absolute Gasteiger partial charge is 0.407 e. The molecule has 1 amide bonds. The Balaban J connectivity index is 1.32. The Bertz CT molecular complexity index is 2750. The van der Waals surface area contributed by atoms with Crippen molar-refractivity contribution in [3.63, 3.8) is 0 Å². The van der Waals surface area contributed by atoms with Crippen LogP contribution < -0.4 is 22.0 Å². The molecule has 322 valence electrons. The number of fused-ring (bicyclic) bond motifs is 1. The molecule has 0 aliphatic rings. The maximum atomic E-state index is 15.1. The lowest BCUT2D eigenvalue weighted by Gasteiger charge is -2.20. The van der Waals surface area contributed by atoms with Crippen molar-refractivity contribution in [2.75, 3.05) is 11.9 Å². The Kier molecular flexibility index (Phi) is 12.7. The molecular formula is C41H44ClF3N10O6. The molecule has 0 saturated carbocycles. The number of rotatable bonds is 13. The Labute approximate surface area is 352 Å². The van der Waals surface area contributed by atoms with Crippen molar-refractivity contribution in [3.05, 3.63) is 127 Å². The lowest BCUT2D eigenvalue weighted by Crippen LogP contribution is -2.43. The number of ether oxygens (including phenoxy) is 2. The number of aromatic nitrogens is 8. The van der Waals surface area contributed by atoms with Crippen molar-refractivity contribution in [2.24, 2.45) is 7.05 Å². The summed E-state index contributed by atoms with van der Waals surface area (Å²) in [5.41, 5.74) is -1.51. The summed E-state index contributed by atoms with van der Waals surface area (Å²) in [5.74, 6) is -4.77. The van der Waals surface area contributed by atoms with Crippen LogP contribution in [-0.2, 0) is 49.0 Å². The third-order valence-corrected chi connectivity index (χ3v) is 9.21. The standard InChI is InChI=1S/C41H44ClF3N10O6/c1-40(2,3)60-35(56)24-10-8-9-23(15-24)12-14-53-22-47-33(51-53)21-55-37(57)49-36(54(39(55)59)19-25-16-30(44)31(45)18-29(25)43)48-34-26(11-13-46-38(58)61-41(4,5)6)27-20-52(7)50-32(27)17-28(34)42/h8-10,15-18,20,22H,11-14,19,21H2,1-7H3,(H,46,58)(H,48,49,57). The highest BCUT2D eigenvalue weighted by molar-refractivity contribution is 6.34. The second-order valence-corrected chi connectivity index (χ2v) is 16.6. The highest BCUT2D eigenvalue weighted by Crippen LogP contribution is 2.35. The number of aryl methyl sites for hydroxylation is 3. The normalized spacial score (nSPS) is 11.9. The SMILES string of the molecule is Cn1cc2c(CCNC(=O)OC(C)(C)C)c(Nc3nc(=O)n(Cc4ncn(CCc5cccc(C(=O)OC(C)(C)C)c5)n4)c(=O)n3Cc3cc(F)c(F)cc3F)c(Cl)cc2n1. The molecule has 3 heterocycles. The van der Waals surface area contributed by atoms with Gasteiger partial charge in [0.2, 0.25) is 5.95 Å². The van der Waals surface area contributed by atoms with Gasteiger partial charge in [0.25, 0.3) is 0 Å². The average Bonchev–Trinajstić information content (AvgIpc) is 3.77. The van der Waals surface area contributed by atoms with Crippen LogP contribution in [-0.4, -0.2) is 68.5 Å². The number of alkyl carbamates (subject to hydrolysis) is 1. The molecule has 0 fully saturated rings. The fourth-order valence-electron chi connectivity index (χ4n) is 6.27. The predicted octanol–water partition coefficient (Wildman–Crippen LogP) is 6.06. The van der Waals surface area contributed by atoms with Gasteiger partial charge in [0, 0.05) is 43.4 Å². The third kappa shape index (κ3) is 11.0. The molecule has 0 saturated heterocycles. The molecule has 6 rings (SSSR count). The first-order chi connectivity index (χ1) is 28.6. The zero-order valence-corrected chi connectivity index (χ0v) is 35.2. The maximum absolute atomic E-state index is 15.1. The minimum Gasteiger partial charge on any atom is -0.456 e. The van der Waals surface area contributed by atoms with Gasteiger partial charge >= 0.3 is 23.4 Å². The highest BCUT2D eigenvalue weighted by atomic mass is 35.5. The molecule has 0 unspecified atom stereocenters. The number of amides is 1. The van der Waals surface area contributed by atoms with Gasteiger partial charge in [0.15, 0.2) is 17.5 Å². The quantitative estimate of drug-likeness (QED) is 0.102. The summed E-state index contributed by atoms with van der Waals surface area (Å²) in [6, 6.07) is 9.46. The first-order valence-corrected chi connectivity index (χ1v) is 19.5. The van der Waals surface area contributed by atoms with Crippen LogP contribution in [0.3, 0.4) is 0 Å². The second kappa shape index (κ2) is 17.6. The van der Waals surface area contributed by atoms with Crippen LogP contribution in [0.2, 0.25) is 5.02 Å². The van der Waals surface area contributed by atoms with Crippen LogP contribution >= 0.6 is 11.6 Å². The molecule has 0 atom stereocenters. The molecule has 0 aliphatic carbocycles. The van der Waals surface area contributed by atoms with Crippen molar-refractivity contribution in [1.82, 2.24) is 44.0 Å². The number of carbonyl (C=O) groups is 2. The molecule has 3 aromatic carbocycles. The van der Waals surface area contributed by atoms with E-state index in [1.807, 2.05) is 6.07 Å². The summed E-state index contributed by atoms with van der Waals surface area (Å²) in [5, 5.41) is 15.2. The van der Waals surface area contributed by atoms with Crippen molar-refractivity contribution in [1.29, 1.82) is 0 Å². The van der Waals surface area contributed by atoms with Crippen molar-refractivity contribution in [2.45, 2.75) is 85.2 Å². The summed E-state index contributed by atoms with van der Waals surface area (Å²) < 4.78 is 59.0. The predicted molar refractivity (Wildman–Crippen MR) is 220 cm³/mol. The van der Waals surface area contributed by atoms with Gasteiger partial charge in [0.05, 0.1) is 34.9 Å². The average molecular weight is 865 g/mol. The van der Waals surface area contributed by atoms with Crippen molar-refractivity contribution in [3.8, 4) is 0 Å². The minimum absolute atomic E-state index is 0.0552. The van der Waals surface area contributed by atoms with E-state index in [1.54, 1.807) is 83.7 Å². The van der Waals surface area contributed by atoms with Gasteiger partial charge in [-0.3, -0.25) is 13.9 Å². The van der Waals surface area contributed by atoms with Crippen LogP contribution in [0.15, 0.2) is 64.6 Å². The van der Waals surface area contributed by atoms with E-state index < -0.39 is 76.7 Å². The van der Waals surface area contributed by atoms with Crippen LogP contribution in [0, 0.1) is 17.5 Å². The zero-order chi connectivity index (χ0) is 44.4. The molecular weight excluding hydrogens is 821 g/mol. The van der Waals surface area contributed by atoms with Crippen molar-refractivity contribution >= 4 is 46.2 Å².